The van der Waals surface area contributed by atoms with E-state index in [2.05, 4.69) is 0 Å². The standard InChI is InChI=1S/C20H23NO3/c1-23-17-8-5-15(6-9-17)7-12-20(22)21-13-3-4-16-14-18(24-2)10-11-19(16)21/h5-6,8-11,14H,3-4,7,12-13H2,1-2H3. The van der Waals surface area contributed by atoms with Gasteiger partial charge in [0.1, 0.15) is 11.5 Å². The maximum atomic E-state index is 12.7. The van der Waals surface area contributed by atoms with Crippen LogP contribution in [0, 0.1) is 0 Å². The molecule has 0 spiro atoms. The molecule has 0 aromatic heterocycles. The molecule has 0 radical (unpaired) electrons. The van der Waals surface area contributed by atoms with Crippen LogP contribution in [0.2, 0.25) is 0 Å². The summed E-state index contributed by atoms with van der Waals surface area (Å²) in [7, 11) is 3.32. The zero-order valence-corrected chi connectivity index (χ0v) is 14.2. The van der Waals surface area contributed by atoms with Crippen molar-refractivity contribution >= 4 is 11.6 Å². The molecular weight excluding hydrogens is 302 g/mol. The van der Waals surface area contributed by atoms with E-state index >= 15 is 0 Å². The first-order chi connectivity index (χ1) is 11.7. The third kappa shape index (κ3) is 3.53. The summed E-state index contributed by atoms with van der Waals surface area (Å²) in [6, 6.07) is 13.9. The number of benzene rings is 2. The smallest absolute Gasteiger partial charge is 0.227 e. The highest BCUT2D eigenvalue weighted by Crippen LogP contribution is 2.31. The number of aryl methyl sites for hydroxylation is 2. The topological polar surface area (TPSA) is 38.8 Å². The van der Waals surface area contributed by atoms with Crippen LogP contribution in [0.5, 0.6) is 11.5 Å². The fourth-order valence-electron chi connectivity index (χ4n) is 3.14. The van der Waals surface area contributed by atoms with Gasteiger partial charge in [-0.15, -0.1) is 0 Å². The van der Waals surface area contributed by atoms with E-state index in [1.54, 1.807) is 14.2 Å². The summed E-state index contributed by atoms with van der Waals surface area (Å²) in [5, 5.41) is 0. The van der Waals surface area contributed by atoms with Gasteiger partial charge in [0, 0.05) is 18.7 Å². The Bertz CT molecular complexity index is 709. The number of rotatable bonds is 5. The van der Waals surface area contributed by atoms with Crippen LogP contribution in [0.25, 0.3) is 0 Å². The number of nitrogens with zero attached hydrogens (tertiary/aromatic N) is 1. The maximum Gasteiger partial charge on any atom is 0.227 e. The molecule has 0 unspecified atom stereocenters. The Kier molecular flexibility index (Phi) is 5.04. The van der Waals surface area contributed by atoms with Gasteiger partial charge in [0.15, 0.2) is 0 Å². The normalized spacial score (nSPS) is 13.3. The van der Waals surface area contributed by atoms with Crippen molar-refractivity contribution in [3.63, 3.8) is 0 Å². The van der Waals surface area contributed by atoms with E-state index in [0.29, 0.717) is 6.42 Å². The maximum absolute atomic E-state index is 12.7. The zero-order chi connectivity index (χ0) is 16.9. The molecule has 4 heteroatoms. The molecule has 24 heavy (non-hydrogen) atoms. The van der Waals surface area contributed by atoms with E-state index in [4.69, 9.17) is 9.47 Å². The van der Waals surface area contributed by atoms with Crippen molar-refractivity contribution < 1.29 is 14.3 Å². The van der Waals surface area contributed by atoms with Crippen molar-refractivity contribution in [2.24, 2.45) is 0 Å². The monoisotopic (exact) mass is 325 g/mol. The summed E-state index contributed by atoms with van der Waals surface area (Å²) in [5.41, 5.74) is 3.37. The summed E-state index contributed by atoms with van der Waals surface area (Å²) in [4.78, 5) is 14.6. The predicted molar refractivity (Wildman–Crippen MR) is 95.0 cm³/mol. The van der Waals surface area contributed by atoms with Gasteiger partial charge in [0.05, 0.1) is 14.2 Å². The summed E-state index contributed by atoms with van der Waals surface area (Å²) >= 11 is 0. The van der Waals surface area contributed by atoms with Crippen LogP contribution in [-0.2, 0) is 17.6 Å². The third-order valence-corrected chi connectivity index (χ3v) is 4.49. The molecule has 1 amide bonds. The molecule has 126 valence electrons. The molecule has 0 atom stereocenters. The largest absolute Gasteiger partial charge is 0.497 e. The highest BCUT2D eigenvalue weighted by molar-refractivity contribution is 5.94. The number of ether oxygens (including phenoxy) is 2. The highest BCUT2D eigenvalue weighted by atomic mass is 16.5. The van der Waals surface area contributed by atoms with E-state index in [-0.39, 0.29) is 5.91 Å². The Morgan fingerprint density at radius 1 is 1.04 bits per heavy atom. The summed E-state index contributed by atoms with van der Waals surface area (Å²) in [6.07, 6.45) is 3.24. The van der Waals surface area contributed by atoms with Crippen molar-refractivity contribution in [3.8, 4) is 11.5 Å². The van der Waals surface area contributed by atoms with Crippen molar-refractivity contribution in [2.75, 3.05) is 25.7 Å². The summed E-state index contributed by atoms with van der Waals surface area (Å²) < 4.78 is 10.4. The molecule has 1 aliphatic rings. The van der Waals surface area contributed by atoms with E-state index in [1.807, 2.05) is 47.4 Å². The second kappa shape index (κ2) is 7.39. The van der Waals surface area contributed by atoms with E-state index in [0.717, 1.165) is 48.6 Å². The van der Waals surface area contributed by atoms with Crippen LogP contribution in [0.1, 0.15) is 24.0 Å². The molecule has 0 aliphatic carbocycles. The lowest BCUT2D eigenvalue weighted by atomic mass is 10.0. The summed E-state index contributed by atoms with van der Waals surface area (Å²) in [5.74, 6) is 1.86. The molecule has 0 saturated heterocycles. The van der Waals surface area contributed by atoms with Crippen molar-refractivity contribution in [1.82, 2.24) is 0 Å². The molecule has 2 aromatic carbocycles. The highest BCUT2D eigenvalue weighted by Gasteiger charge is 2.22. The van der Waals surface area contributed by atoms with Gasteiger partial charge in [-0.3, -0.25) is 4.79 Å². The van der Waals surface area contributed by atoms with Gasteiger partial charge >= 0.3 is 0 Å². The Morgan fingerprint density at radius 2 is 1.75 bits per heavy atom. The van der Waals surface area contributed by atoms with Gasteiger partial charge in [0.25, 0.3) is 0 Å². The molecule has 1 heterocycles. The molecule has 0 saturated carbocycles. The molecule has 3 rings (SSSR count). The predicted octanol–water partition coefficient (Wildman–Crippen LogP) is 3.62. The molecule has 2 aromatic rings. The Hall–Kier alpha value is -2.49. The van der Waals surface area contributed by atoms with Gasteiger partial charge in [-0.2, -0.15) is 0 Å². The van der Waals surface area contributed by atoms with E-state index < -0.39 is 0 Å². The van der Waals surface area contributed by atoms with Crippen LogP contribution >= 0.6 is 0 Å². The minimum Gasteiger partial charge on any atom is -0.497 e. The number of carbonyl (C=O) groups excluding carboxylic acids is 1. The number of fused-ring (bicyclic) bond motifs is 1. The fraction of sp³-hybridized carbons (Fsp3) is 0.350. The Labute approximate surface area is 143 Å². The number of methoxy groups -OCH3 is 2. The Morgan fingerprint density at radius 3 is 2.46 bits per heavy atom. The SMILES string of the molecule is COc1ccc(CCC(=O)N2CCCc3cc(OC)ccc32)cc1. The number of hydrogen-bond acceptors (Lipinski definition) is 3. The number of carbonyl (C=O) groups is 1. The lowest BCUT2D eigenvalue weighted by Crippen LogP contribution is -2.35. The minimum absolute atomic E-state index is 0.178. The molecular formula is C20H23NO3. The Balaban J connectivity index is 1.67. The molecule has 0 fully saturated rings. The average molecular weight is 325 g/mol. The summed E-state index contributed by atoms with van der Waals surface area (Å²) in [6.45, 7) is 0.792. The molecule has 0 bridgehead atoms. The van der Waals surface area contributed by atoms with E-state index in [1.165, 1.54) is 5.56 Å². The lowest BCUT2D eigenvalue weighted by molar-refractivity contribution is -0.118. The average Bonchev–Trinajstić information content (AvgIpc) is 2.65. The van der Waals surface area contributed by atoms with E-state index in [9.17, 15) is 4.79 Å². The van der Waals surface area contributed by atoms with Crippen LogP contribution in [0.4, 0.5) is 5.69 Å². The first-order valence-corrected chi connectivity index (χ1v) is 8.31. The second-order valence-electron chi connectivity index (χ2n) is 5.99. The first kappa shape index (κ1) is 16.4. The van der Waals surface area contributed by atoms with Crippen molar-refractivity contribution in [3.05, 3.63) is 53.6 Å². The molecule has 4 nitrogen and oxygen atoms in total. The minimum atomic E-state index is 0.178. The van der Waals surface area contributed by atoms with Crippen molar-refractivity contribution in [1.29, 1.82) is 0 Å². The molecule has 0 N–H and O–H groups in total. The fourth-order valence-corrected chi connectivity index (χ4v) is 3.14. The van der Waals surface area contributed by atoms with Crippen molar-refractivity contribution in [2.45, 2.75) is 25.7 Å². The lowest BCUT2D eigenvalue weighted by Gasteiger charge is -2.30. The number of amides is 1. The quantitative estimate of drug-likeness (QED) is 0.843. The number of anilines is 1. The van der Waals surface area contributed by atoms with Gasteiger partial charge < -0.3 is 14.4 Å². The second-order valence-corrected chi connectivity index (χ2v) is 5.99. The van der Waals surface area contributed by atoms with Gasteiger partial charge in [-0.05, 0) is 60.7 Å². The third-order valence-electron chi connectivity index (χ3n) is 4.49. The first-order valence-electron chi connectivity index (χ1n) is 8.31. The molecule has 1 aliphatic heterocycles. The van der Waals surface area contributed by atoms with Crippen LogP contribution in [-0.4, -0.2) is 26.7 Å². The van der Waals surface area contributed by atoms with Gasteiger partial charge in [-0.1, -0.05) is 12.1 Å². The number of hydrogen-bond donors (Lipinski definition) is 0. The van der Waals surface area contributed by atoms with Gasteiger partial charge in [0.2, 0.25) is 5.91 Å². The van der Waals surface area contributed by atoms with Crippen LogP contribution in [0.15, 0.2) is 42.5 Å². The van der Waals surface area contributed by atoms with Gasteiger partial charge in [-0.25, -0.2) is 0 Å². The van der Waals surface area contributed by atoms with Crippen LogP contribution < -0.4 is 14.4 Å². The van der Waals surface area contributed by atoms with Crippen LogP contribution in [0.3, 0.4) is 0 Å². The zero-order valence-electron chi connectivity index (χ0n) is 14.2.